The van der Waals surface area contributed by atoms with E-state index in [1.54, 1.807) is 7.11 Å². The highest BCUT2D eigenvalue weighted by Crippen LogP contribution is 2.29. The molecular formula is C11H15ClO. The highest BCUT2D eigenvalue weighted by atomic mass is 35.5. The van der Waals surface area contributed by atoms with Crippen LogP contribution in [0.3, 0.4) is 0 Å². The minimum Gasteiger partial charge on any atom is -0.495 e. The van der Waals surface area contributed by atoms with Crippen LogP contribution in [0, 0.1) is 0 Å². The van der Waals surface area contributed by atoms with E-state index in [0.29, 0.717) is 10.9 Å². The normalized spacial score (nSPS) is 12.6. The second-order valence-corrected chi connectivity index (χ2v) is 3.61. The highest BCUT2D eigenvalue weighted by molar-refractivity contribution is 6.32. The van der Waals surface area contributed by atoms with Crippen molar-refractivity contribution in [3.05, 3.63) is 28.8 Å². The molecule has 1 nitrogen and oxygen atoms in total. The lowest BCUT2D eigenvalue weighted by Gasteiger charge is -2.10. The minimum absolute atomic E-state index is 0.559. The number of hydrogen-bond donors (Lipinski definition) is 0. The number of ether oxygens (including phenoxy) is 1. The Hall–Kier alpha value is -0.690. The summed E-state index contributed by atoms with van der Waals surface area (Å²) in [6.07, 6.45) is 1.13. The molecule has 0 saturated heterocycles. The Bertz CT molecular complexity index is 283. The molecule has 0 spiro atoms. The smallest absolute Gasteiger partial charge is 0.137 e. The molecule has 2 heteroatoms. The van der Waals surface area contributed by atoms with Crippen LogP contribution >= 0.6 is 11.6 Å². The third-order valence-electron chi connectivity index (χ3n) is 2.36. The molecule has 0 radical (unpaired) electrons. The van der Waals surface area contributed by atoms with E-state index in [2.05, 4.69) is 19.9 Å². The Morgan fingerprint density at radius 2 is 2.15 bits per heavy atom. The monoisotopic (exact) mass is 198 g/mol. The minimum atomic E-state index is 0.559. The van der Waals surface area contributed by atoms with Gasteiger partial charge in [-0.2, -0.15) is 0 Å². The van der Waals surface area contributed by atoms with E-state index in [1.807, 2.05) is 12.1 Å². The molecule has 1 atom stereocenters. The molecule has 0 fully saturated rings. The maximum absolute atomic E-state index is 6.01. The molecule has 0 N–H and O–H groups in total. The summed E-state index contributed by atoms with van der Waals surface area (Å²) in [5.41, 5.74) is 1.27. The van der Waals surface area contributed by atoms with Crippen molar-refractivity contribution < 1.29 is 4.74 Å². The molecule has 0 saturated carbocycles. The number of hydrogen-bond acceptors (Lipinski definition) is 1. The van der Waals surface area contributed by atoms with Gasteiger partial charge in [0.15, 0.2) is 0 Å². The first-order valence-electron chi connectivity index (χ1n) is 4.52. The van der Waals surface area contributed by atoms with E-state index in [0.717, 1.165) is 12.2 Å². The molecule has 0 heterocycles. The molecule has 0 aliphatic heterocycles. The second-order valence-electron chi connectivity index (χ2n) is 3.20. The van der Waals surface area contributed by atoms with Crippen LogP contribution in [0.1, 0.15) is 31.7 Å². The van der Waals surface area contributed by atoms with Crippen LogP contribution in [-0.2, 0) is 0 Å². The second kappa shape index (κ2) is 4.52. The standard InChI is InChI=1S/C11H15ClO/c1-4-8(2)9-5-6-11(13-3)10(12)7-9/h5-8H,4H2,1-3H3. The maximum Gasteiger partial charge on any atom is 0.137 e. The lowest BCUT2D eigenvalue weighted by molar-refractivity contribution is 0.414. The van der Waals surface area contributed by atoms with Crippen LogP contribution in [0.15, 0.2) is 18.2 Å². The topological polar surface area (TPSA) is 9.23 Å². The van der Waals surface area contributed by atoms with Gasteiger partial charge >= 0.3 is 0 Å². The van der Waals surface area contributed by atoms with E-state index in [-0.39, 0.29) is 0 Å². The fourth-order valence-corrected chi connectivity index (χ4v) is 1.49. The van der Waals surface area contributed by atoms with Crippen molar-refractivity contribution in [2.24, 2.45) is 0 Å². The van der Waals surface area contributed by atoms with Gasteiger partial charge in [0.2, 0.25) is 0 Å². The zero-order valence-electron chi connectivity index (χ0n) is 8.30. The first-order valence-corrected chi connectivity index (χ1v) is 4.90. The third-order valence-corrected chi connectivity index (χ3v) is 2.65. The summed E-state index contributed by atoms with van der Waals surface area (Å²) in [5.74, 6) is 1.30. The molecule has 13 heavy (non-hydrogen) atoms. The van der Waals surface area contributed by atoms with Crippen molar-refractivity contribution in [1.29, 1.82) is 0 Å². The van der Waals surface area contributed by atoms with E-state index >= 15 is 0 Å². The molecule has 0 aliphatic carbocycles. The summed E-state index contributed by atoms with van der Waals surface area (Å²) < 4.78 is 5.08. The molecule has 0 bridgehead atoms. The van der Waals surface area contributed by atoms with E-state index in [1.165, 1.54) is 5.56 Å². The Morgan fingerprint density at radius 3 is 2.62 bits per heavy atom. The Morgan fingerprint density at radius 1 is 1.46 bits per heavy atom. The van der Waals surface area contributed by atoms with Gasteiger partial charge < -0.3 is 4.74 Å². The Balaban J connectivity index is 2.95. The van der Waals surface area contributed by atoms with Gasteiger partial charge in [0, 0.05) is 0 Å². The van der Waals surface area contributed by atoms with Crippen molar-refractivity contribution in [3.8, 4) is 5.75 Å². The summed E-state index contributed by atoms with van der Waals surface area (Å²) in [4.78, 5) is 0. The average molecular weight is 199 g/mol. The molecule has 72 valence electrons. The van der Waals surface area contributed by atoms with Crippen molar-refractivity contribution in [2.75, 3.05) is 7.11 Å². The number of methoxy groups -OCH3 is 1. The van der Waals surface area contributed by atoms with Crippen LogP contribution in [0.5, 0.6) is 5.75 Å². The molecule has 1 unspecified atom stereocenters. The predicted octanol–water partition coefficient (Wildman–Crippen LogP) is 3.86. The van der Waals surface area contributed by atoms with Gasteiger partial charge in [-0.05, 0) is 30.0 Å². The lowest BCUT2D eigenvalue weighted by atomic mass is 9.99. The van der Waals surface area contributed by atoms with Crippen LogP contribution in [-0.4, -0.2) is 7.11 Å². The fraction of sp³-hybridized carbons (Fsp3) is 0.455. The quantitative estimate of drug-likeness (QED) is 0.717. The third kappa shape index (κ3) is 2.38. The largest absolute Gasteiger partial charge is 0.495 e. The van der Waals surface area contributed by atoms with Crippen LogP contribution < -0.4 is 4.74 Å². The summed E-state index contributed by atoms with van der Waals surface area (Å²) in [6, 6.07) is 5.97. The number of benzene rings is 1. The zero-order valence-corrected chi connectivity index (χ0v) is 9.06. The summed E-state index contributed by atoms with van der Waals surface area (Å²) in [6.45, 7) is 4.36. The van der Waals surface area contributed by atoms with Crippen molar-refractivity contribution in [1.82, 2.24) is 0 Å². The van der Waals surface area contributed by atoms with E-state index < -0.39 is 0 Å². The molecule has 1 aromatic carbocycles. The first-order chi connectivity index (χ1) is 6.19. The van der Waals surface area contributed by atoms with Gasteiger partial charge in [-0.3, -0.25) is 0 Å². The van der Waals surface area contributed by atoms with Crippen LogP contribution in [0.25, 0.3) is 0 Å². The molecule has 0 aromatic heterocycles. The molecule has 1 aromatic rings. The fourth-order valence-electron chi connectivity index (χ4n) is 1.22. The SMILES string of the molecule is CCC(C)c1ccc(OC)c(Cl)c1. The van der Waals surface area contributed by atoms with Crippen LogP contribution in [0.4, 0.5) is 0 Å². The molecule has 1 rings (SSSR count). The summed E-state index contributed by atoms with van der Waals surface area (Å²) in [5, 5.41) is 0.695. The van der Waals surface area contributed by atoms with E-state index in [4.69, 9.17) is 16.3 Å². The Kier molecular flexibility index (Phi) is 3.61. The Labute approximate surface area is 84.7 Å². The zero-order chi connectivity index (χ0) is 9.84. The number of rotatable bonds is 3. The predicted molar refractivity (Wildman–Crippen MR) is 56.7 cm³/mol. The highest BCUT2D eigenvalue weighted by Gasteiger charge is 2.06. The van der Waals surface area contributed by atoms with Gasteiger partial charge in [-0.1, -0.05) is 31.5 Å². The van der Waals surface area contributed by atoms with Gasteiger partial charge in [0.1, 0.15) is 5.75 Å². The summed E-state index contributed by atoms with van der Waals surface area (Å²) in [7, 11) is 1.63. The van der Waals surface area contributed by atoms with Gasteiger partial charge in [-0.25, -0.2) is 0 Å². The van der Waals surface area contributed by atoms with Crippen molar-refractivity contribution in [2.45, 2.75) is 26.2 Å². The molecular weight excluding hydrogens is 184 g/mol. The van der Waals surface area contributed by atoms with Gasteiger partial charge in [-0.15, -0.1) is 0 Å². The average Bonchev–Trinajstić information content (AvgIpc) is 2.16. The van der Waals surface area contributed by atoms with E-state index in [9.17, 15) is 0 Å². The van der Waals surface area contributed by atoms with Crippen molar-refractivity contribution in [3.63, 3.8) is 0 Å². The van der Waals surface area contributed by atoms with Gasteiger partial charge in [0.05, 0.1) is 12.1 Å². The first kappa shape index (κ1) is 10.4. The van der Waals surface area contributed by atoms with Crippen LogP contribution in [0.2, 0.25) is 5.02 Å². The molecule has 0 aliphatic rings. The number of halogens is 1. The lowest BCUT2D eigenvalue weighted by Crippen LogP contribution is -1.92. The maximum atomic E-state index is 6.01. The van der Waals surface area contributed by atoms with Crippen molar-refractivity contribution >= 4 is 11.6 Å². The van der Waals surface area contributed by atoms with Gasteiger partial charge in [0.25, 0.3) is 0 Å². The molecule has 0 amide bonds. The summed E-state index contributed by atoms with van der Waals surface area (Å²) >= 11 is 6.01.